The van der Waals surface area contributed by atoms with E-state index in [2.05, 4.69) is 34.7 Å². The molecule has 1 aliphatic heterocycles. The third kappa shape index (κ3) is 4.74. The average Bonchev–Trinajstić information content (AvgIpc) is 3.22. The Morgan fingerprint density at radius 1 is 1.13 bits per heavy atom. The van der Waals surface area contributed by atoms with Crippen LogP contribution in [0.2, 0.25) is 0 Å². The summed E-state index contributed by atoms with van der Waals surface area (Å²) < 4.78 is 10.8. The van der Waals surface area contributed by atoms with Crippen molar-refractivity contribution in [1.82, 2.24) is 15.2 Å². The number of H-pyrrole nitrogens is 1. The number of aromatic amines is 1. The zero-order valence-electron chi connectivity index (χ0n) is 18.2. The molecule has 1 fully saturated rings. The molecule has 2 heterocycles. The summed E-state index contributed by atoms with van der Waals surface area (Å²) in [6, 6.07) is 13.8. The van der Waals surface area contributed by atoms with Crippen LogP contribution in [0.5, 0.6) is 11.5 Å². The zero-order chi connectivity index (χ0) is 21.1. The molecule has 2 aromatic carbocycles. The molecule has 1 aromatic heterocycles. The van der Waals surface area contributed by atoms with Crippen LogP contribution in [0.25, 0.3) is 10.9 Å². The number of rotatable bonds is 5. The van der Waals surface area contributed by atoms with E-state index >= 15 is 0 Å². The van der Waals surface area contributed by atoms with Gasteiger partial charge in [-0.3, -0.25) is 0 Å². The van der Waals surface area contributed by atoms with Gasteiger partial charge in [0.2, 0.25) is 0 Å². The lowest BCUT2D eigenvalue weighted by Gasteiger charge is -2.33. The fourth-order valence-corrected chi connectivity index (χ4v) is 4.36. The van der Waals surface area contributed by atoms with E-state index in [-0.39, 0.29) is 24.5 Å². The van der Waals surface area contributed by atoms with Crippen molar-refractivity contribution in [3.05, 3.63) is 59.8 Å². The Morgan fingerprint density at radius 3 is 2.58 bits per heavy atom. The smallest absolute Gasteiger partial charge is 0.317 e. The Kier molecular flexibility index (Phi) is 7.33. The fraction of sp³-hybridized carbons (Fsp3) is 0.375. The number of halogens is 1. The lowest BCUT2D eigenvalue weighted by molar-refractivity contribution is 0.178. The summed E-state index contributed by atoms with van der Waals surface area (Å²) in [7, 11) is 3.27. The quantitative estimate of drug-likeness (QED) is 0.565. The molecule has 2 N–H and O–H groups in total. The van der Waals surface area contributed by atoms with Gasteiger partial charge in [0, 0.05) is 35.8 Å². The molecule has 0 aliphatic carbocycles. The Labute approximate surface area is 189 Å². The van der Waals surface area contributed by atoms with Crippen molar-refractivity contribution in [3.8, 4) is 11.5 Å². The standard InChI is InChI=1S/C24H29N3O3.ClH/c1-16(20-14-18(29-2)8-9-23(20)30-3)26-24(28)27-12-10-17(11-13-27)21-15-25-22-7-5-4-6-19(21)22;/h4-9,14-17,25H,10-13H2,1-3H3,(H,26,28);1H. The first-order valence-electron chi connectivity index (χ1n) is 10.4. The number of para-hydroxylation sites is 1. The van der Waals surface area contributed by atoms with Crippen LogP contribution >= 0.6 is 12.4 Å². The van der Waals surface area contributed by atoms with Crippen LogP contribution in [0.4, 0.5) is 4.79 Å². The maximum absolute atomic E-state index is 12.9. The summed E-state index contributed by atoms with van der Waals surface area (Å²) in [6.45, 7) is 3.46. The first-order chi connectivity index (χ1) is 14.6. The van der Waals surface area contributed by atoms with Crippen molar-refractivity contribution in [2.24, 2.45) is 0 Å². The van der Waals surface area contributed by atoms with E-state index in [0.717, 1.165) is 43.0 Å². The Hall–Kier alpha value is -2.86. The van der Waals surface area contributed by atoms with E-state index in [9.17, 15) is 4.79 Å². The number of nitrogens with one attached hydrogen (secondary N) is 2. The molecule has 1 unspecified atom stereocenters. The SMILES string of the molecule is COc1ccc(OC)c(C(C)NC(=O)N2CCC(c3c[nH]c4ccccc34)CC2)c1.Cl. The summed E-state index contributed by atoms with van der Waals surface area (Å²) in [5, 5.41) is 4.41. The van der Waals surface area contributed by atoms with Crippen LogP contribution < -0.4 is 14.8 Å². The van der Waals surface area contributed by atoms with Crippen molar-refractivity contribution in [2.45, 2.75) is 31.7 Å². The Bertz CT molecular complexity index is 1030. The summed E-state index contributed by atoms with van der Waals surface area (Å²) >= 11 is 0. The maximum atomic E-state index is 12.9. The van der Waals surface area contributed by atoms with Gasteiger partial charge < -0.3 is 24.7 Å². The van der Waals surface area contributed by atoms with Gasteiger partial charge in [-0.15, -0.1) is 12.4 Å². The molecule has 2 amide bonds. The number of urea groups is 1. The minimum Gasteiger partial charge on any atom is -0.497 e. The van der Waals surface area contributed by atoms with Crippen molar-refractivity contribution >= 4 is 29.3 Å². The molecule has 0 saturated carbocycles. The number of carbonyl (C=O) groups is 1. The minimum atomic E-state index is -0.186. The zero-order valence-corrected chi connectivity index (χ0v) is 19.0. The number of aromatic nitrogens is 1. The number of carbonyl (C=O) groups excluding carboxylic acids is 1. The minimum absolute atomic E-state index is 0. The molecule has 1 aliphatic rings. The highest BCUT2D eigenvalue weighted by atomic mass is 35.5. The van der Waals surface area contributed by atoms with Crippen molar-refractivity contribution < 1.29 is 14.3 Å². The maximum Gasteiger partial charge on any atom is 0.317 e. The Balaban J connectivity index is 0.00000272. The molecule has 0 radical (unpaired) electrons. The monoisotopic (exact) mass is 443 g/mol. The molecule has 7 heteroatoms. The molecule has 0 spiro atoms. The van der Waals surface area contributed by atoms with Gasteiger partial charge in [0.25, 0.3) is 0 Å². The third-order valence-corrected chi connectivity index (χ3v) is 6.09. The first-order valence-corrected chi connectivity index (χ1v) is 10.4. The van der Waals surface area contributed by atoms with E-state index in [1.54, 1.807) is 14.2 Å². The number of hydrogen-bond acceptors (Lipinski definition) is 3. The van der Waals surface area contributed by atoms with Crippen molar-refractivity contribution in [2.75, 3.05) is 27.3 Å². The van der Waals surface area contributed by atoms with Gasteiger partial charge in [0.1, 0.15) is 11.5 Å². The lowest BCUT2D eigenvalue weighted by atomic mass is 9.89. The van der Waals surface area contributed by atoms with Gasteiger partial charge in [0.15, 0.2) is 0 Å². The van der Waals surface area contributed by atoms with Crippen molar-refractivity contribution in [1.29, 1.82) is 0 Å². The fourth-order valence-electron chi connectivity index (χ4n) is 4.36. The van der Waals surface area contributed by atoms with E-state index in [4.69, 9.17) is 9.47 Å². The summed E-state index contributed by atoms with van der Waals surface area (Å²) in [4.78, 5) is 18.2. The molecular formula is C24H30ClN3O3. The number of fused-ring (bicyclic) bond motifs is 1. The second-order valence-corrected chi connectivity index (χ2v) is 7.83. The largest absolute Gasteiger partial charge is 0.497 e. The molecule has 1 atom stereocenters. The van der Waals surface area contributed by atoms with Gasteiger partial charge in [-0.25, -0.2) is 4.79 Å². The van der Waals surface area contributed by atoms with Crippen LogP contribution in [-0.4, -0.2) is 43.2 Å². The number of ether oxygens (including phenoxy) is 2. The number of hydrogen-bond donors (Lipinski definition) is 2. The number of benzene rings is 2. The van der Waals surface area contributed by atoms with E-state index in [1.165, 1.54) is 16.5 Å². The van der Waals surface area contributed by atoms with Gasteiger partial charge in [-0.2, -0.15) is 0 Å². The van der Waals surface area contributed by atoms with E-state index in [1.807, 2.05) is 36.1 Å². The molecule has 3 aromatic rings. The van der Waals surface area contributed by atoms with Crippen LogP contribution in [-0.2, 0) is 0 Å². The van der Waals surface area contributed by atoms with E-state index in [0.29, 0.717) is 5.92 Å². The lowest BCUT2D eigenvalue weighted by Crippen LogP contribution is -2.44. The van der Waals surface area contributed by atoms with Crippen LogP contribution in [0.3, 0.4) is 0 Å². The van der Waals surface area contributed by atoms with Crippen molar-refractivity contribution in [3.63, 3.8) is 0 Å². The summed E-state index contributed by atoms with van der Waals surface area (Å²) in [5.74, 6) is 1.95. The van der Waals surface area contributed by atoms with Gasteiger partial charge in [0.05, 0.1) is 20.3 Å². The normalized spacial score (nSPS) is 15.3. The molecule has 166 valence electrons. The second kappa shape index (κ2) is 9.96. The van der Waals surface area contributed by atoms with Gasteiger partial charge in [-0.05, 0) is 55.5 Å². The van der Waals surface area contributed by atoms with Gasteiger partial charge in [-0.1, -0.05) is 18.2 Å². The number of piperidine rings is 1. The third-order valence-electron chi connectivity index (χ3n) is 6.09. The molecule has 31 heavy (non-hydrogen) atoms. The number of amides is 2. The average molecular weight is 444 g/mol. The highest BCUT2D eigenvalue weighted by Crippen LogP contribution is 2.33. The summed E-state index contributed by atoms with van der Waals surface area (Å²) in [5.41, 5.74) is 3.44. The molecule has 0 bridgehead atoms. The predicted molar refractivity (Wildman–Crippen MR) is 126 cm³/mol. The van der Waals surface area contributed by atoms with Crippen LogP contribution in [0, 0.1) is 0 Å². The predicted octanol–water partition coefficient (Wildman–Crippen LogP) is 5.26. The second-order valence-electron chi connectivity index (χ2n) is 7.83. The van der Waals surface area contributed by atoms with Gasteiger partial charge >= 0.3 is 6.03 Å². The van der Waals surface area contributed by atoms with E-state index < -0.39 is 0 Å². The number of methoxy groups -OCH3 is 2. The number of likely N-dealkylation sites (tertiary alicyclic amines) is 1. The van der Waals surface area contributed by atoms with Crippen LogP contribution in [0.1, 0.15) is 42.9 Å². The molecule has 6 nitrogen and oxygen atoms in total. The highest BCUT2D eigenvalue weighted by molar-refractivity contribution is 5.85. The Morgan fingerprint density at radius 2 is 1.87 bits per heavy atom. The molecular weight excluding hydrogens is 414 g/mol. The molecule has 1 saturated heterocycles. The highest BCUT2D eigenvalue weighted by Gasteiger charge is 2.26. The molecule has 4 rings (SSSR count). The number of nitrogens with zero attached hydrogens (tertiary/aromatic N) is 1. The topological polar surface area (TPSA) is 66.6 Å². The first kappa shape index (κ1) is 22.8. The summed E-state index contributed by atoms with van der Waals surface area (Å²) in [6.07, 6.45) is 4.06. The van der Waals surface area contributed by atoms with Crippen LogP contribution in [0.15, 0.2) is 48.7 Å².